The first-order valence-corrected chi connectivity index (χ1v) is 6.92. The molecular formula is C15H13BrN2O. The van der Waals surface area contributed by atoms with Crippen molar-refractivity contribution in [2.75, 3.05) is 0 Å². The average Bonchev–Trinajstić information content (AvgIpc) is 2.45. The van der Waals surface area contributed by atoms with Gasteiger partial charge in [-0.05, 0) is 24.6 Å². The van der Waals surface area contributed by atoms with Gasteiger partial charge in [-0.25, -0.2) is 0 Å². The average molecular weight is 317 g/mol. The molecule has 4 heteroatoms. The monoisotopic (exact) mass is 316 g/mol. The first-order chi connectivity index (χ1) is 9.19. The number of aromatic nitrogens is 1. The Kier molecular flexibility index (Phi) is 4.28. The highest BCUT2D eigenvalue weighted by Crippen LogP contribution is 2.27. The van der Waals surface area contributed by atoms with Gasteiger partial charge < -0.3 is 0 Å². The fraction of sp³-hybridized carbons (Fsp3) is 0.267. The molecule has 1 atom stereocenters. The first-order valence-electron chi connectivity index (χ1n) is 6.13. The van der Waals surface area contributed by atoms with Gasteiger partial charge in [0.15, 0.2) is 5.78 Å². The predicted octanol–water partition coefficient (Wildman–Crippen LogP) is 4.12. The van der Waals surface area contributed by atoms with Crippen LogP contribution in [-0.2, 0) is 0 Å². The summed E-state index contributed by atoms with van der Waals surface area (Å²) in [6.45, 7) is 1.92. The summed E-state index contributed by atoms with van der Waals surface area (Å²) < 4.78 is 0.917. The second-order valence-electron chi connectivity index (χ2n) is 4.33. The number of nitrogens with zero attached hydrogens (tertiary/aromatic N) is 2. The molecule has 0 aliphatic rings. The molecule has 0 saturated heterocycles. The number of nitriles is 1. The van der Waals surface area contributed by atoms with E-state index >= 15 is 0 Å². The summed E-state index contributed by atoms with van der Waals surface area (Å²) in [6, 6.07) is 9.48. The molecule has 3 nitrogen and oxygen atoms in total. The summed E-state index contributed by atoms with van der Waals surface area (Å²) in [5.41, 5.74) is 1.29. The number of halogens is 1. The molecule has 0 spiro atoms. The summed E-state index contributed by atoms with van der Waals surface area (Å²) in [5.74, 6) is -0.253. The van der Waals surface area contributed by atoms with E-state index < -0.39 is 0 Å². The second-order valence-corrected chi connectivity index (χ2v) is 5.18. The maximum Gasteiger partial charge on any atom is 0.169 e. The molecule has 1 aromatic heterocycles. The number of Topliss-reactive ketones (excluding diaryl/α,β-unsaturated/α-hetero) is 1. The van der Waals surface area contributed by atoms with Gasteiger partial charge in [-0.15, -0.1) is 0 Å². The van der Waals surface area contributed by atoms with Crippen LogP contribution in [0.4, 0.5) is 0 Å². The van der Waals surface area contributed by atoms with Crippen molar-refractivity contribution in [1.29, 1.82) is 5.26 Å². The Morgan fingerprint density at radius 2 is 2.26 bits per heavy atom. The summed E-state index contributed by atoms with van der Waals surface area (Å²) in [4.78, 5) is 16.8. The lowest BCUT2D eigenvalue weighted by Crippen LogP contribution is -2.14. The van der Waals surface area contributed by atoms with Crippen LogP contribution in [0, 0.1) is 17.2 Å². The van der Waals surface area contributed by atoms with Crippen molar-refractivity contribution in [3.05, 3.63) is 40.5 Å². The third kappa shape index (κ3) is 2.66. The summed E-state index contributed by atoms with van der Waals surface area (Å²) >= 11 is 3.46. The second kappa shape index (κ2) is 5.94. The standard InChI is InChI=1S/C15H13BrN2O/c1-2-10(7-8-17)15(19)12-5-6-13(16)11-4-3-9-18-14(11)12/h3-6,9-10H,2,7H2,1H3. The van der Waals surface area contributed by atoms with E-state index in [9.17, 15) is 4.79 Å². The van der Waals surface area contributed by atoms with Gasteiger partial charge in [-0.1, -0.05) is 28.9 Å². The Morgan fingerprint density at radius 3 is 2.95 bits per heavy atom. The Labute approximate surface area is 120 Å². The Bertz CT molecular complexity index is 661. The van der Waals surface area contributed by atoms with E-state index in [1.54, 1.807) is 12.3 Å². The minimum Gasteiger partial charge on any atom is -0.294 e. The molecule has 0 radical (unpaired) electrons. The van der Waals surface area contributed by atoms with Crippen LogP contribution in [0.5, 0.6) is 0 Å². The molecule has 0 N–H and O–H groups in total. The van der Waals surface area contributed by atoms with Gasteiger partial charge in [-0.2, -0.15) is 5.26 Å². The molecule has 19 heavy (non-hydrogen) atoms. The Balaban J connectivity index is 2.54. The van der Waals surface area contributed by atoms with Gasteiger partial charge in [0, 0.05) is 34.0 Å². The van der Waals surface area contributed by atoms with Gasteiger partial charge in [0.05, 0.1) is 11.6 Å². The van der Waals surface area contributed by atoms with E-state index in [1.165, 1.54) is 0 Å². The zero-order valence-electron chi connectivity index (χ0n) is 10.6. The first kappa shape index (κ1) is 13.7. The third-order valence-corrected chi connectivity index (χ3v) is 3.87. The van der Waals surface area contributed by atoms with Crippen molar-refractivity contribution in [1.82, 2.24) is 4.98 Å². The van der Waals surface area contributed by atoms with E-state index in [1.807, 2.05) is 25.1 Å². The van der Waals surface area contributed by atoms with Crippen LogP contribution >= 0.6 is 15.9 Å². The SMILES string of the molecule is CCC(CC#N)C(=O)c1ccc(Br)c2cccnc12. The van der Waals surface area contributed by atoms with Gasteiger partial charge in [0.1, 0.15) is 0 Å². The number of hydrogen-bond donors (Lipinski definition) is 0. The van der Waals surface area contributed by atoms with Crippen molar-refractivity contribution >= 4 is 32.6 Å². The van der Waals surface area contributed by atoms with Crippen LogP contribution in [0.2, 0.25) is 0 Å². The fourth-order valence-electron chi connectivity index (χ4n) is 2.09. The van der Waals surface area contributed by atoms with E-state index in [-0.39, 0.29) is 18.1 Å². The number of fused-ring (bicyclic) bond motifs is 1. The maximum absolute atomic E-state index is 12.5. The lowest BCUT2D eigenvalue weighted by atomic mass is 9.91. The normalized spacial score (nSPS) is 12.1. The highest BCUT2D eigenvalue weighted by atomic mass is 79.9. The van der Waals surface area contributed by atoms with Crippen LogP contribution in [-0.4, -0.2) is 10.8 Å². The molecule has 0 bridgehead atoms. The Hall–Kier alpha value is -1.73. The number of pyridine rings is 1. The number of rotatable bonds is 4. The van der Waals surface area contributed by atoms with Crippen molar-refractivity contribution in [2.45, 2.75) is 19.8 Å². The van der Waals surface area contributed by atoms with E-state index in [2.05, 4.69) is 27.0 Å². The van der Waals surface area contributed by atoms with Gasteiger partial charge in [0.2, 0.25) is 0 Å². The number of carbonyl (C=O) groups is 1. The van der Waals surface area contributed by atoms with Gasteiger partial charge in [0.25, 0.3) is 0 Å². The Morgan fingerprint density at radius 1 is 1.47 bits per heavy atom. The quantitative estimate of drug-likeness (QED) is 0.797. The molecule has 1 heterocycles. The van der Waals surface area contributed by atoms with Crippen molar-refractivity contribution in [2.24, 2.45) is 5.92 Å². The fourth-order valence-corrected chi connectivity index (χ4v) is 2.54. The summed E-state index contributed by atoms with van der Waals surface area (Å²) in [6.07, 6.45) is 2.59. The van der Waals surface area contributed by atoms with Crippen LogP contribution in [0.15, 0.2) is 34.9 Å². The minimum atomic E-state index is -0.253. The maximum atomic E-state index is 12.5. The summed E-state index contributed by atoms with van der Waals surface area (Å²) in [5, 5.41) is 9.71. The van der Waals surface area contributed by atoms with E-state index in [0.717, 1.165) is 9.86 Å². The molecule has 0 aliphatic heterocycles. The molecule has 0 saturated carbocycles. The van der Waals surface area contributed by atoms with Crippen molar-refractivity contribution < 1.29 is 4.79 Å². The van der Waals surface area contributed by atoms with Crippen LogP contribution < -0.4 is 0 Å². The predicted molar refractivity (Wildman–Crippen MR) is 77.8 cm³/mol. The zero-order chi connectivity index (χ0) is 13.8. The molecule has 0 amide bonds. The van der Waals surface area contributed by atoms with Crippen LogP contribution in [0.25, 0.3) is 10.9 Å². The lowest BCUT2D eigenvalue weighted by Gasteiger charge is -2.12. The van der Waals surface area contributed by atoms with Gasteiger partial charge in [-0.3, -0.25) is 9.78 Å². The van der Waals surface area contributed by atoms with Crippen molar-refractivity contribution in [3.8, 4) is 6.07 Å². The largest absolute Gasteiger partial charge is 0.294 e. The number of carbonyl (C=O) groups excluding carboxylic acids is 1. The number of ketones is 1. The number of benzene rings is 1. The highest BCUT2D eigenvalue weighted by Gasteiger charge is 2.21. The number of hydrogen-bond acceptors (Lipinski definition) is 3. The van der Waals surface area contributed by atoms with Crippen LogP contribution in [0.1, 0.15) is 30.1 Å². The van der Waals surface area contributed by atoms with Crippen molar-refractivity contribution in [3.63, 3.8) is 0 Å². The smallest absolute Gasteiger partial charge is 0.169 e. The minimum absolute atomic E-state index is 0.000231. The molecule has 1 aromatic carbocycles. The lowest BCUT2D eigenvalue weighted by molar-refractivity contribution is 0.0920. The molecule has 2 rings (SSSR count). The molecule has 2 aromatic rings. The zero-order valence-corrected chi connectivity index (χ0v) is 12.1. The van der Waals surface area contributed by atoms with Gasteiger partial charge >= 0.3 is 0 Å². The molecule has 96 valence electrons. The molecule has 1 unspecified atom stereocenters. The molecule has 0 fully saturated rings. The van der Waals surface area contributed by atoms with E-state index in [0.29, 0.717) is 17.5 Å². The van der Waals surface area contributed by atoms with Crippen LogP contribution in [0.3, 0.4) is 0 Å². The summed E-state index contributed by atoms with van der Waals surface area (Å²) in [7, 11) is 0. The topological polar surface area (TPSA) is 53.8 Å². The third-order valence-electron chi connectivity index (χ3n) is 3.18. The molecule has 0 aliphatic carbocycles. The van der Waals surface area contributed by atoms with E-state index in [4.69, 9.17) is 5.26 Å². The highest BCUT2D eigenvalue weighted by molar-refractivity contribution is 9.10. The molecular weight excluding hydrogens is 304 g/mol.